The van der Waals surface area contributed by atoms with Crippen molar-refractivity contribution in [2.24, 2.45) is 7.05 Å². The Balaban J connectivity index is 1.36. The zero-order valence-corrected chi connectivity index (χ0v) is 29.3. The molecule has 1 aliphatic rings. The smallest absolute Gasteiger partial charge is 0.229 e. The van der Waals surface area contributed by atoms with Gasteiger partial charge in [0.2, 0.25) is 5.95 Å². The van der Waals surface area contributed by atoms with Crippen LogP contribution in [0.25, 0.3) is 22.2 Å². The lowest BCUT2D eigenvalue weighted by Gasteiger charge is -2.37. The van der Waals surface area contributed by atoms with Crippen LogP contribution in [0.3, 0.4) is 0 Å². The van der Waals surface area contributed by atoms with Gasteiger partial charge < -0.3 is 29.7 Å². The summed E-state index contributed by atoms with van der Waals surface area (Å²) in [5.74, 6) is 1.50. The van der Waals surface area contributed by atoms with Crippen LogP contribution in [0.2, 0.25) is 0 Å². The number of hydrogen-bond donors (Lipinski definition) is 2. The van der Waals surface area contributed by atoms with Crippen molar-refractivity contribution in [2.75, 3.05) is 63.2 Å². The molecule has 1 saturated heterocycles. The number of hydrogen-bond acceptors (Lipinski definition) is 11. The molecule has 1 aliphatic heterocycles. The Labute approximate surface area is 277 Å². The molecule has 0 radical (unpaired) electrons. The Hall–Kier alpha value is -4.06. The van der Waals surface area contributed by atoms with Gasteiger partial charge in [0.1, 0.15) is 24.4 Å². The van der Waals surface area contributed by atoms with E-state index < -0.39 is 7.14 Å². The van der Waals surface area contributed by atoms with E-state index in [4.69, 9.17) is 9.72 Å². The van der Waals surface area contributed by atoms with Gasteiger partial charge >= 0.3 is 0 Å². The highest BCUT2D eigenvalue weighted by molar-refractivity contribution is 9.10. The second-order valence-electron chi connectivity index (χ2n) is 12.1. The van der Waals surface area contributed by atoms with Crippen LogP contribution in [0.4, 0.5) is 28.8 Å². The van der Waals surface area contributed by atoms with Crippen LogP contribution in [0.5, 0.6) is 5.75 Å². The van der Waals surface area contributed by atoms with Gasteiger partial charge in [-0.3, -0.25) is 9.67 Å². The van der Waals surface area contributed by atoms with Crippen LogP contribution in [-0.4, -0.2) is 88.5 Å². The first kappa shape index (κ1) is 31.9. The zero-order chi connectivity index (χ0) is 32.6. The molecule has 0 atom stereocenters. The summed E-state index contributed by atoms with van der Waals surface area (Å²) in [6.45, 7) is 5.37. The van der Waals surface area contributed by atoms with E-state index in [1.54, 1.807) is 37.5 Å². The fourth-order valence-electron chi connectivity index (χ4n) is 5.96. The number of pyridine rings is 1. The van der Waals surface area contributed by atoms with E-state index in [1.807, 2.05) is 49.6 Å². The third kappa shape index (κ3) is 6.58. The molecule has 46 heavy (non-hydrogen) atoms. The van der Waals surface area contributed by atoms with Crippen molar-refractivity contribution in [3.63, 3.8) is 0 Å². The zero-order valence-electron chi connectivity index (χ0n) is 26.8. The number of piperidine rings is 1. The molecule has 2 aromatic carbocycles. The minimum Gasteiger partial charge on any atom is -0.494 e. The average Bonchev–Trinajstić information content (AvgIpc) is 3.47. The van der Waals surface area contributed by atoms with Crippen molar-refractivity contribution in [3.05, 3.63) is 59.5 Å². The lowest BCUT2D eigenvalue weighted by Crippen LogP contribution is -2.42. The van der Waals surface area contributed by atoms with Crippen molar-refractivity contribution in [1.82, 2.24) is 34.8 Å². The van der Waals surface area contributed by atoms with Gasteiger partial charge in [-0.05, 0) is 68.3 Å². The third-order valence-corrected chi connectivity index (χ3v) is 10.4. The quantitative estimate of drug-likeness (QED) is 0.179. The van der Waals surface area contributed by atoms with Crippen LogP contribution in [0.1, 0.15) is 12.8 Å². The van der Waals surface area contributed by atoms with E-state index in [2.05, 4.69) is 70.7 Å². The molecule has 240 valence electrons. The number of halogens is 1. The fourth-order valence-corrected chi connectivity index (χ4v) is 7.71. The molecule has 0 amide bonds. The maximum atomic E-state index is 13.5. The second-order valence-corrected chi connectivity index (χ2v) is 16.1. The number of aryl methyl sites for hydroxylation is 1. The van der Waals surface area contributed by atoms with Crippen LogP contribution in [0.15, 0.2) is 59.5 Å². The van der Waals surface area contributed by atoms with Crippen molar-refractivity contribution in [1.29, 1.82) is 0 Å². The van der Waals surface area contributed by atoms with Crippen LogP contribution in [0, 0.1) is 0 Å². The van der Waals surface area contributed by atoms with E-state index in [0.29, 0.717) is 39.4 Å². The van der Waals surface area contributed by atoms with E-state index in [1.165, 1.54) is 0 Å². The third-order valence-electron chi connectivity index (χ3n) is 8.26. The summed E-state index contributed by atoms with van der Waals surface area (Å²) in [6, 6.07) is 12.3. The number of ether oxygens (including phenoxy) is 1. The molecule has 2 N–H and O–H groups in total. The molecule has 4 heterocycles. The number of fused-ring (bicyclic) bond motifs is 1. The van der Waals surface area contributed by atoms with Crippen molar-refractivity contribution < 1.29 is 9.30 Å². The molecule has 0 spiro atoms. The van der Waals surface area contributed by atoms with E-state index in [0.717, 1.165) is 59.1 Å². The minimum absolute atomic E-state index is 0.347. The van der Waals surface area contributed by atoms with Gasteiger partial charge in [0, 0.05) is 54.7 Å². The topological polar surface area (TPSA) is 126 Å². The standard InChI is InChI=1S/C32H38BrN10O2P/c1-41(2)20-11-13-43(14-12-20)28-16-29(45-4)25(15-22(28)27-19-42(3)40-39-27)37-32-35-17-23(33)31(38-32)36-26-18-34-24-10-8-7-9-21(24)30(26)46(5,6)44/h7-10,15-20H,11-14H2,1-6H3,(H2,35,36,37,38). The summed E-state index contributed by atoms with van der Waals surface area (Å²) in [6.07, 6.45) is 7.42. The molecule has 0 saturated carbocycles. The molecule has 0 bridgehead atoms. The Kier molecular flexibility index (Phi) is 9.00. The van der Waals surface area contributed by atoms with Gasteiger partial charge in [0.05, 0.1) is 46.6 Å². The number of aromatic nitrogens is 6. The summed E-state index contributed by atoms with van der Waals surface area (Å²) < 4.78 is 21.7. The molecule has 0 unspecified atom stereocenters. The Morgan fingerprint density at radius 1 is 1.04 bits per heavy atom. The summed E-state index contributed by atoms with van der Waals surface area (Å²) in [5, 5.41) is 16.9. The SMILES string of the molecule is COc1cc(N2CCC(N(C)C)CC2)c(-c2cn(C)nn2)cc1Nc1ncc(Br)c(Nc2cnc3ccccc3c2P(C)(C)=O)n1. The van der Waals surface area contributed by atoms with Crippen LogP contribution < -0.4 is 25.6 Å². The van der Waals surface area contributed by atoms with Gasteiger partial charge in [0.25, 0.3) is 0 Å². The van der Waals surface area contributed by atoms with E-state index in [9.17, 15) is 4.57 Å². The molecule has 12 nitrogen and oxygen atoms in total. The van der Waals surface area contributed by atoms with Crippen LogP contribution >= 0.6 is 23.1 Å². The van der Waals surface area contributed by atoms with Crippen molar-refractivity contribution in [3.8, 4) is 17.0 Å². The predicted octanol–water partition coefficient (Wildman–Crippen LogP) is 5.86. The van der Waals surface area contributed by atoms with E-state index >= 15 is 0 Å². The number of rotatable bonds is 9. The summed E-state index contributed by atoms with van der Waals surface area (Å²) in [5.41, 5.74) is 4.83. The summed E-state index contributed by atoms with van der Waals surface area (Å²) >= 11 is 3.58. The molecule has 3 aromatic heterocycles. The molecule has 14 heteroatoms. The number of anilines is 5. The predicted molar refractivity (Wildman–Crippen MR) is 189 cm³/mol. The normalized spacial score (nSPS) is 14.2. The largest absolute Gasteiger partial charge is 0.494 e. The number of methoxy groups -OCH3 is 1. The first-order valence-electron chi connectivity index (χ1n) is 15.0. The first-order chi connectivity index (χ1) is 22.0. The number of nitrogens with zero attached hydrogens (tertiary/aromatic N) is 8. The summed E-state index contributed by atoms with van der Waals surface area (Å²) in [7, 11) is 5.10. The highest BCUT2D eigenvalue weighted by Crippen LogP contribution is 2.43. The van der Waals surface area contributed by atoms with Crippen LogP contribution in [-0.2, 0) is 11.6 Å². The molecule has 0 aliphatic carbocycles. The second kappa shape index (κ2) is 13.0. The molecule has 5 aromatic rings. The van der Waals surface area contributed by atoms with Crippen molar-refractivity contribution >= 4 is 68.1 Å². The van der Waals surface area contributed by atoms with Gasteiger partial charge in [-0.1, -0.05) is 23.4 Å². The average molecular weight is 706 g/mol. The van der Waals surface area contributed by atoms with E-state index in [-0.39, 0.29) is 0 Å². The maximum Gasteiger partial charge on any atom is 0.229 e. The Bertz CT molecular complexity index is 1930. The first-order valence-corrected chi connectivity index (χ1v) is 18.4. The fraction of sp³-hybridized carbons (Fsp3) is 0.344. The molecular weight excluding hydrogens is 667 g/mol. The lowest BCUT2D eigenvalue weighted by molar-refractivity contribution is 0.249. The van der Waals surface area contributed by atoms with Gasteiger partial charge in [-0.2, -0.15) is 4.98 Å². The highest BCUT2D eigenvalue weighted by atomic mass is 79.9. The number of benzene rings is 2. The maximum absolute atomic E-state index is 13.5. The van der Waals surface area contributed by atoms with Gasteiger partial charge in [-0.25, -0.2) is 4.98 Å². The van der Waals surface area contributed by atoms with Gasteiger partial charge in [-0.15, -0.1) is 5.10 Å². The monoisotopic (exact) mass is 704 g/mol. The minimum atomic E-state index is -2.70. The lowest BCUT2D eigenvalue weighted by atomic mass is 10.0. The number of para-hydroxylation sites is 1. The molecule has 6 rings (SSSR count). The molecular formula is C32H38BrN10O2P. The van der Waals surface area contributed by atoms with Gasteiger partial charge in [0.15, 0.2) is 0 Å². The number of nitrogens with one attached hydrogen (secondary N) is 2. The van der Waals surface area contributed by atoms with Crippen molar-refractivity contribution in [2.45, 2.75) is 18.9 Å². The Morgan fingerprint density at radius 3 is 2.48 bits per heavy atom. The Morgan fingerprint density at radius 2 is 1.80 bits per heavy atom. The summed E-state index contributed by atoms with van der Waals surface area (Å²) in [4.78, 5) is 18.6. The molecule has 1 fully saturated rings. The highest BCUT2D eigenvalue weighted by Gasteiger charge is 2.26.